The second-order valence-electron chi connectivity index (χ2n) is 12.2. The molecule has 23 nitrogen and oxygen atoms in total. The van der Waals surface area contributed by atoms with Crippen LogP contribution in [0.25, 0.3) is 0 Å². The molecule has 3 rings (SSSR count). The van der Waals surface area contributed by atoms with E-state index in [4.69, 9.17) is 28.4 Å². The Balaban J connectivity index is 2.16. The fourth-order valence-electron chi connectivity index (χ4n) is 5.82. The molecule has 3 fully saturated rings. The maximum absolute atomic E-state index is 12.6. The van der Waals surface area contributed by atoms with Crippen LogP contribution in [0.15, 0.2) is 0 Å². The third kappa shape index (κ3) is 10.1. The van der Waals surface area contributed by atoms with Crippen molar-refractivity contribution in [2.24, 2.45) is 0 Å². The fourth-order valence-corrected chi connectivity index (χ4v) is 5.82. The van der Waals surface area contributed by atoms with Crippen molar-refractivity contribution in [3.05, 3.63) is 0 Å². The van der Waals surface area contributed by atoms with Crippen LogP contribution in [0.3, 0.4) is 0 Å². The van der Waals surface area contributed by atoms with Crippen LogP contribution in [0, 0.1) is 0 Å². The third-order valence-corrected chi connectivity index (χ3v) is 8.58. The van der Waals surface area contributed by atoms with Crippen molar-refractivity contribution in [3.63, 3.8) is 0 Å². The molecule has 0 bridgehead atoms. The van der Waals surface area contributed by atoms with Crippen LogP contribution in [0.1, 0.15) is 13.8 Å². The summed E-state index contributed by atoms with van der Waals surface area (Å²) >= 11 is 0. The van der Waals surface area contributed by atoms with Gasteiger partial charge in [0.1, 0.15) is 104 Å². The summed E-state index contributed by atoms with van der Waals surface area (Å²) in [6, 6.07) is -3.54. The minimum atomic E-state index is -2.14. The summed E-state index contributed by atoms with van der Waals surface area (Å²) in [7, 11) is 0. The highest BCUT2D eigenvalue weighted by Gasteiger charge is 2.53. The zero-order valence-electron chi connectivity index (χ0n) is 27.4. The van der Waals surface area contributed by atoms with Gasteiger partial charge in [0.15, 0.2) is 18.9 Å². The number of nitrogens with one attached hydrogen (secondary N) is 2. The zero-order valence-corrected chi connectivity index (χ0v) is 27.4. The van der Waals surface area contributed by atoms with E-state index >= 15 is 0 Å². The molecule has 296 valence electrons. The first-order chi connectivity index (χ1) is 24.0. The third-order valence-electron chi connectivity index (χ3n) is 8.58. The van der Waals surface area contributed by atoms with Crippen LogP contribution in [-0.2, 0) is 42.8 Å². The average Bonchev–Trinajstić information content (AvgIpc) is 3.10. The van der Waals surface area contributed by atoms with E-state index in [0.717, 1.165) is 13.8 Å². The highest BCUT2D eigenvalue weighted by Crippen LogP contribution is 2.31. The van der Waals surface area contributed by atoms with E-state index in [9.17, 15) is 75.7 Å². The maximum atomic E-state index is 12.6. The molecule has 0 aromatic heterocycles. The summed E-state index contributed by atoms with van der Waals surface area (Å²) in [5.74, 6) is -1.65. The summed E-state index contributed by atoms with van der Waals surface area (Å²) in [5, 5.41) is 128. The van der Waals surface area contributed by atoms with Crippen LogP contribution < -0.4 is 10.6 Å². The summed E-state index contributed by atoms with van der Waals surface area (Å²) in [4.78, 5) is 36.9. The van der Waals surface area contributed by atoms with E-state index in [1.807, 2.05) is 0 Å². The number of amides is 2. The van der Waals surface area contributed by atoms with E-state index in [1.54, 1.807) is 0 Å². The predicted molar refractivity (Wildman–Crippen MR) is 158 cm³/mol. The molecule has 19 unspecified atom stereocenters. The smallest absolute Gasteiger partial charge is 0.217 e. The summed E-state index contributed by atoms with van der Waals surface area (Å²) in [6.45, 7) is -1.93. The van der Waals surface area contributed by atoms with Crippen LogP contribution in [0.4, 0.5) is 0 Å². The second kappa shape index (κ2) is 19.3. The Morgan fingerprint density at radius 3 is 1.45 bits per heavy atom. The molecule has 0 aromatic rings. The highest BCUT2D eigenvalue weighted by molar-refractivity contribution is 5.77. The van der Waals surface area contributed by atoms with Crippen molar-refractivity contribution in [2.75, 3.05) is 26.4 Å². The van der Waals surface area contributed by atoms with Gasteiger partial charge in [-0.2, -0.15) is 0 Å². The van der Waals surface area contributed by atoms with Crippen molar-refractivity contribution in [1.82, 2.24) is 10.6 Å². The molecule has 19 atom stereocenters. The Labute approximate surface area is 289 Å². The zero-order chi connectivity index (χ0) is 38.3. The lowest BCUT2D eigenvalue weighted by Crippen LogP contribution is -2.68. The summed E-state index contributed by atoms with van der Waals surface area (Å²) in [5.41, 5.74) is 0. The molecule has 0 aromatic carbocycles. The standard InChI is InChI=1S/C28H48N2O21/c1-8(36)29-10(3-31)24(50-26-15(30-9(2)37)19(41)16(38)11(4-32)46-26)25(51-28-23(45)21(43)18(40)13(6-34)48-28)14(7-35)49-27-22(44)20(42)17(39)12(5-33)47-27/h3,10-28,32-35,38-45H,4-7H2,1-2H3,(H,29,36)(H,30,37). The van der Waals surface area contributed by atoms with Gasteiger partial charge in [0.2, 0.25) is 11.8 Å². The van der Waals surface area contributed by atoms with Crippen LogP contribution >= 0.6 is 0 Å². The molecular formula is C28H48N2O21. The minimum Gasteiger partial charge on any atom is -0.394 e. The van der Waals surface area contributed by atoms with E-state index in [-0.39, 0.29) is 6.29 Å². The molecule has 3 aliphatic heterocycles. The van der Waals surface area contributed by atoms with Gasteiger partial charge in [-0.1, -0.05) is 0 Å². The number of hydrogen-bond acceptors (Lipinski definition) is 21. The van der Waals surface area contributed by atoms with Gasteiger partial charge in [0, 0.05) is 13.8 Å². The fraction of sp³-hybridized carbons (Fsp3) is 0.893. The molecule has 0 aliphatic carbocycles. The molecule has 2 amide bonds. The van der Waals surface area contributed by atoms with E-state index in [2.05, 4.69) is 10.6 Å². The Morgan fingerprint density at radius 1 is 0.608 bits per heavy atom. The number of rotatable bonds is 16. The summed E-state index contributed by atoms with van der Waals surface area (Å²) < 4.78 is 34.0. The van der Waals surface area contributed by atoms with E-state index in [0.29, 0.717) is 0 Å². The first-order valence-corrected chi connectivity index (χ1v) is 15.8. The monoisotopic (exact) mass is 748 g/mol. The molecule has 3 heterocycles. The summed E-state index contributed by atoms with van der Waals surface area (Å²) in [6.07, 6.45) is -32.4. The molecule has 3 saturated heterocycles. The quantitative estimate of drug-likeness (QED) is 0.0651. The van der Waals surface area contributed by atoms with Gasteiger partial charge in [0.05, 0.1) is 26.4 Å². The Kier molecular flexibility index (Phi) is 16.4. The molecule has 51 heavy (non-hydrogen) atoms. The Bertz CT molecular complexity index is 1120. The molecular weight excluding hydrogens is 700 g/mol. The molecule has 0 saturated carbocycles. The van der Waals surface area contributed by atoms with Crippen molar-refractivity contribution >= 4 is 18.1 Å². The molecule has 0 radical (unpaired) electrons. The number of ether oxygens (including phenoxy) is 6. The normalized spacial score (nSPS) is 41.2. The van der Waals surface area contributed by atoms with Gasteiger partial charge in [0.25, 0.3) is 0 Å². The molecule has 23 heteroatoms. The van der Waals surface area contributed by atoms with Crippen molar-refractivity contribution in [1.29, 1.82) is 0 Å². The lowest BCUT2D eigenvalue weighted by molar-refractivity contribution is -0.359. The second-order valence-corrected chi connectivity index (χ2v) is 12.2. The number of carbonyl (C=O) groups is 3. The van der Waals surface area contributed by atoms with Crippen LogP contribution in [0.2, 0.25) is 0 Å². The van der Waals surface area contributed by atoms with Crippen molar-refractivity contribution in [3.8, 4) is 0 Å². The lowest BCUT2D eigenvalue weighted by atomic mass is 9.95. The molecule has 14 N–H and O–H groups in total. The van der Waals surface area contributed by atoms with Gasteiger partial charge < -0.3 is 105 Å². The Hall–Kier alpha value is -2.11. The van der Waals surface area contributed by atoms with E-state index in [1.165, 1.54) is 0 Å². The lowest BCUT2D eigenvalue weighted by Gasteiger charge is -2.47. The first kappa shape index (κ1) is 43.3. The van der Waals surface area contributed by atoms with Crippen molar-refractivity contribution in [2.45, 2.75) is 130 Å². The van der Waals surface area contributed by atoms with Gasteiger partial charge in [-0.3, -0.25) is 9.59 Å². The predicted octanol–water partition coefficient (Wildman–Crippen LogP) is -9.62. The molecule has 0 spiro atoms. The molecule has 3 aliphatic rings. The van der Waals surface area contributed by atoms with Crippen LogP contribution in [-0.4, -0.2) is 222 Å². The van der Waals surface area contributed by atoms with Gasteiger partial charge in [-0.25, -0.2) is 0 Å². The number of aliphatic hydroxyl groups excluding tert-OH is 12. The van der Waals surface area contributed by atoms with Crippen molar-refractivity contribution < 1.29 is 104 Å². The topological polar surface area (TPSA) is 373 Å². The maximum Gasteiger partial charge on any atom is 0.217 e. The van der Waals surface area contributed by atoms with Gasteiger partial charge in [-0.05, 0) is 0 Å². The minimum absolute atomic E-state index is 0.100. The average molecular weight is 749 g/mol. The Morgan fingerprint density at radius 2 is 1.04 bits per heavy atom. The van der Waals surface area contributed by atoms with Gasteiger partial charge in [-0.15, -0.1) is 0 Å². The largest absolute Gasteiger partial charge is 0.394 e. The SMILES string of the molecule is CC(=O)NC(C=O)C(OC1OC(CO)C(O)C(O)C1NC(C)=O)C(OC1OC(CO)C(O)C(O)C1O)C(CO)OC1OC(CO)C(O)C(O)C1O. The number of carbonyl (C=O) groups excluding carboxylic acids is 3. The van der Waals surface area contributed by atoms with Gasteiger partial charge >= 0.3 is 0 Å². The van der Waals surface area contributed by atoms with Crippen LogP contribution in [0.5, 0.6) is 0 Å². The van der Waals surface area contributed by atoms with E-state index < -0.39 is 155 Å². The number of aldehydes is 1. The number of hydrogen-bond donors (Lipinski definition) is 14. The first-order valence-electron chi connectivity index (χ1n) is 15.8. The highest BCUT2D eigenvalue weighted by atomic mass is 16.8. The number of aliphatic hydroxyl groups is 12.